The molecule has 8 heteroatoms. The highest BCUT2D eigenvalue weighted by molar-refractivity contribution is 5.81. The summed E-state index contributed by atoms with van der Waals surface area (Å²) in [6.45, 7) is 0.0863. The maximum Gasteiger partial charge on any atom is 0.346 e. The number of halogens is 4. The quantitative estimate of drug-likeness (QED) is 0.412. The summed E-state index contributed by atoms with van der Waals surface area (Å²) in [6, 6.07) is 0. The Morgan fingerprint density at radius 1 is 1.12 bits per heavy atom. The zero-order valence-electron chi connectivity index (χ0n) is 8.84. The van der Waals surface area contributed by atoms with Crippen LogP contribution in [-0.2, 0) is 19.1 Å². The van der Waals surface area contributed by atoms with Gasteiger partial charge in [-0.2, -0.15) is 17.6 Å². The first-order chi connectivity index (χ1) is 7.62. The third kappa shape index (κ3) is 4.83. The molecule has 0 amide bonds. The molecule has 0 unspecified atom stereocenters. The molecule has 0 saturated heterocycles. The number of carbonyl (C=O) groups is 2. The summed E-state index contributed by atoms with van der Waals surface area (Å²) in [7, 11) is 0. The molecule has 0 spiro atoms. The smallest absolute Gasteiger partial charge is 0.346 e. The maximum atomic E-state index is 12.9. The van der Waals surface area contributed by atoms with Crippen molar-refractivity contribution >= 4 is 11.9 Å². The molecule has 17 heavy (non-hydrogen) atoms. The molecule has 0 N–H and O–H groups in total. The Morgan fingerprint density at radius 3 is 1.88 bits per heavy atom. The third-order valence-electron chi connectivity index (χ3n) is 1.55. The molecule has 0 aliphatic heterocycles. The van der Waals surface area contributed by atoms with Crippen LogP contribution in [0.1, 0.15) is 6.92 Å². The lowest BCUT2D eigenvalue weighted by molar-refractivity contribution is -0.246. The molecule has 0 atom stereocenters. The Labute approximate surface area is 94.2 Å². The van der Waals surface area contributed by atoms with Gasteiger partial charge in [0.15, 0.2) is 13.2 Å². The van der Waals surface area contributed by atoms with Crippen LogP contribution in [0.5, 0.6) is 0 Å². The van der Waals surface area contributed by atoms with Crippen molar-refractivity contribution in [2.75, 3.05) is 13.2 Å². The normalized spacial score (nSPS) is 11.8. The lowest BCUT2D eigenvalue weighted by Gasteiger charge is -2.25. The molecule has 0 aliphatic carbocycles. The predicted molar refractivity (Wildman–Crippen MR) is 47.7 cm³/mol. The summed E-state index contributed by atoms with van der Waals surface area (Å²) in [5.74, 6) is -11.6. The standard InChI is InChI=1S/C9H10F4O4/c1-3-7(15)17-5-9(12,13)8(10,11)4-16-6(2)14/h3H,1,4-5H2,2H3. The summed E-state index contributed by atoms with van der Waals surface area (Å²) in [5.41, 5.74) is 0. The molecule has 0 saturated carbocycles. The van der Waals surface area contributed by atoms with Crippen molar-refractivity contribution in [3.8, 4) is 0 Å². The van der Waals surface area contributed by atoms with Crippen LogP contribution in [0.4, 0.5) is 17.6 Å². The second kappa shape index (κ2) is 5.65. The van der Waals surface area contributed by atoms with Crippen molar-refractivity contribution < 1.29 is 36.6 Å². The second-order valence-corrected chi connectivity index (χ2v) is 3.00. The van der Waals surface area contributed by atoms with Gasteiger partial charge in [0.2, 0.25) is 0 Å². The number of hydrogen-bond acceptors (Lipinski definition) is 4. The summed E-state index contributed by atoms with van der Waals surface area (Å²) in [5, 5.41) is 0. The molecule has 0 heterocycles. The Bertz CT molecular complexity index is 314. The van der Waals surface area contributed by atoms with E-state index in [4.69, 9.17) is 0 Å². The van der Waals surface area contributed by atoms with Gasteiger partial charge in [0.05, 0.1) is 0 Å². The van der Waals surface area contributed by atoms with Crippen LogP contribution < -0.4 is 0 Å². The first kappa shape index (κ1) is 15.4. The van der Waals surface area contributed by atoms with E-state index in [9.17, 15) is 27.2 Å². The van der Waals surface area contributed by atoms with Gasteiger partial charge in [-0.1, -0.05) is 6.58 Å². The molecular weight excluding hydrogens is 248 g/mol. The molecule has 0 radical (unpaired) electrons. The van der Waals surface area contributed by atoms with E-state index < -0.39 is 37.0 Å². The van der Waals surface area contributed by atoms with E-state index in [2.05, 4.69) is 16.1 Å². The highest BCUT2D eigenvalue weighted by Gasteiger charge is 2.58. The number of ether oxygens (including phenoxy) is 2. The van der Waals surface area contributed by atoms with Crippen LogP contribution in [0.3, 0.4) is 0 Å². The number of hydrogen-bond donors (Lipinski definition) is 0. The summed E-state index contributed by atoms with van der Waals surface area (Å²) < 4.78 is 59.2. The Hall–Kier alpha value is -1.60. The van der Waals surface area contributed by atoms with Crippen molar-refractivity contribution in [3.05, 3.63) is 12.7 Å². The van der Waals surface area contributed by atoms with Crippen molar-refractivity contribution in [1.82, 2.24) is 0 Å². The lowest BCUT2D eigenvalue weighted by Crippen LogP contribution is -2.48. The van der Waals surface area contributed by atoms with Crippen LogP contribution in [0.2, 0.25) is 0 Å². The second-order valence-electron chi connectivity index (χ2n) is 3.00. The van der Waals surface area contributed by atoms with Crippen molar-refractivity contribution in [1.29, 1.82) is 0 Å². The van der Waals surface area contributed by atoms with Gasteiger partial charge in [0.1, 0.15) is 0 Å². The van der Waals surface area contributed by atoms with E-state index in [1.165, 1.54) is 0 Å². The molecule has 4 nitrogen and oxygen atoms in total. The average Bonchev–Trinajstić information content (AvgIpc) is 2.23. The minimum atomic E-state index is -4.64. The van der Waals surface area contributed by atoms with Gasteiger partial charge in [-0.3, -0.25) is 4.79 Å². The van der Waals surface area contributed by atoms with Gasteiger partial charge in [-0.25, -0.2) is 4.79 Å². The summed E-state index contributed by atoms with van der Waals surface area (Å²) >= 11 is 0. The monoisotopic (exact) mass is 258 g/mol. The van der Waals surface area contributed by atoms with E-state index in [-0.39, 0.29) is 0 Å². The van der Waals surface area contributed by atoms with E-state index in [0.29, 0.717) is 6.08 Å². The fraction of sp³-hybridized carbons (Fsp3) is 0.556. The Balaban J connectivity index is 4.48. The maximum absolute atomic E-state index is 12.9. The van der Waals surface area contributed by atoms with Crippen LogP contribution >= 0.6 is 0 Å². The van der Waals surface area contributed by atoms with Crippen molar-refractivity contribution in [2.45, 2.75) is 18.8 Å². The van der Waals surface area contributed by atoms with Gasteiger partial charge < -0.3 is 9.47 Å². The molecular formula is C9H10F4O4. The lowest BCUT2D eigenvalue weighted by atomic mass is 10.2. The van der Waals surface area contributed by atoms with Crippen LogP contribution in [-0.4, -0.2) is 37.0 Å². The van der Waals surface area contributed by atoms with E-state index in [0.717, 1.165) is 6.92 Å². The Kier molecular flexibility index (Phi) is 5.11. The molecule has 0 fully saturated rings. The van der Waals surface area contributed by atoms with E-state index >= 15 is 0 Å². The van der Waals surface area contributed by atoms with Crippen LogP contribution in [0.15, 0.2) is 12.7 Å². The zero-order chi connectivity index (χ0) is 13.7. The van der Waals surface area contributed by atoms with E-state index in [1.807, 2.05) is 0 Å². The SMILES string of the molecule is C=CC(=O)OCC(F)(F)C(F)(F)COC(C)=O. The minimum Gasteiger partial charge on any atom is -0.459 e. The minimum absolute atomic E-state index is 0.556. The fourth-order valence-electron chi connectivity index (χ4n) is 0.624. The third-order valence-corrected chi connectivity index (χ3v) is 1.55. The van der Waals surface area contributed by atoms with Gasteiger partial charge in [-0.15, -0.1) is 0 Å². The van der Waals surface area contributed by atoms with Crippen LogP contribution in [0.25, 0.3) is 0 Å². The largest absolute Gasteiger partial charge is 0.459 e. The average molecular weight is 258 g/mol. The van der Waals surface area contributed by atoms with Crippen molar-refractivity contribution in [2.24, 2.45) is 0 Å². The molecule has 0 aromatic heterocycles. The molecule has 0 rings (SSSR count). The number of rotatable bonds is 6. The van der Waals surface area contributed by atoms with Gasteiger partial charge in [-0.05, 0) is 0 Å². The number of esters is 2. The molecule has 98 valence electrons. The summed E-state index contributed by atoms with van der Waals surface area (Å²) in [4.78, 5) is 20.7. The fourth-order valence-corrected chi connectivity index (χ4v) is 0.624. The highest BCUT2D eigenvalue weighted by Crippen LogP contribution is 2.34. The molecule has 0 bridgehead atoms. The topological polar surface area (TPSA) is 52.6 Å². The highest BCUT2D eigenvalue weighted by atomic mass is 19.3. The van der Waals surface area contributed by atoms with Gasteiger partial charge >= 0.3 is 23.8 Å². The molecule has 0 aliphatic rings. The van der Waals surface area contributed by atoms with Gasteiger partial charge in [0, 0.05) is 13.0 Å². The van der Waals surface area contributed by atoms with E-state index in [1.54, 1.807) is 0 Å². The number of carbonyl (C=O) groups excluding carboxylic acids is 2. The van der Waals surface area contributed by atoms with Crippen LogP contribution in [0, 0.1) is 0 Å². The Morgan fingerprint density at radius 2 is 1.53 bits per heavy atom. The van der Waals surface area contributed by atoms with Crippen molar-refractivity contribution in [3.63, 3.8) is 0 Å². The first-order valence-electron chi connectivity index (χ1n) is 4.30. The number of alkyl halides is 4. The summed E-state index contributed by atoms with van der Waals surface area (Å²) in [6.07, 6.45) is 0.556. The molecule has 0 aromatic carbocycles. The molecule has 0 aromatic rings. The predicted octanol–water partition coefficient (Wildman–Crippen LogP) is 1.55. The zero-order valence-corrected chi connectivity index (χ0v) is 8.84. The van der Waals surface area contributed by atoms with Gasteiger partial charge in [0.25, 0.3) is 0 Å². The first-order valence-corrected chi connectivity index (χ1v) is 4.30.